The molecule has 1 aliphatic rings. The number of fused-ring (bicyclic) bond motifs is 1. The van der Waals surface area contributed by atoms with Crippen LogP contribution >= 0.6 is 0 Å². The molecule has 2 aromatic carbocycles. The Labute approximate surface area is 109 Å². The van der Waals surface area contributed by atoms with Crippen LogP contribution in [-0.4, -0.2) is 10.7 Å². The second-order valence-corrected chi connectivity index (χ2v) is 4.34. The number of rotatable bonds is 2. The Balaban J connectivity index is 1.93. The molecule has 0 spiro atoms. The van der Waals surface area contributed by atoms with Gasteiger partial charge in [-0.25, -0.2) is 0 Å². The summed E-state index contributed by atoms with van der Waals surface area (Å²) < 4.78 is 0. The highest BCUT2D eigenvalue weighted by molar-refractivity contribution is 6.10. The first-order valence-electron chi connectivity index (χ1n) is 5.81. The van der Waals surface area contributed by atoms with E-state index in [1.54, 1.807) is 18.2 Å². The van der Waals surface area contributed by atoms with Crippen molar-refractivity contribution in [2.75, 3.05) is 5.32 Å². The van der Waals surface area contributed by atoms with E-state index in [0.29, 0.717) is 5.56 Å². The predicted octanol–water partition coefficient (Wildman–Crippen LogP) is 2.94. The van der Waals surface area contributed by atoms with Gasteiger partial charge in [0.05, 0.1) is 4.92 Å². The number of ketones is 1. The highest BCUT2D eigenvalue weighted by atomic mass is 16.6. The molecular formula is C14H10N2O3. The lowest BCUT2D eigenvalue weighted by Gasteiger charge is -2.09. The highest BCUT2D eigenvalue weighted by Crippen LogP contribution is 2.34. The van der Waals surface area contributed by atoms with Crippen LogP contribution in [0.1, 0.15) is 22.0 Å². The van der Waals surface area contributed by atoms with Gasteiger partial charge >= 0.3 is 0 Å². The van der Waals surface area contributed by atoms with Crippen molar-refractivity contribution in [3.63, 3.8) is 0 Å². The molecule has 0 aromatic heterocycles. The van der Waals surface area contributed by atoms with Gasteiger partial charge in [0, 0.05) is 23.4 Å². The number of hydrogen-bond acceptors (Lipinski definition) is 4. The van der Waals surface area contributed by atoms with Crippen LogP contribution in [-0.2, 0) is 0 Å². The first-order valence-corrected chi connectivity index (χ1v) is 5.81. The highest BCUT2D eigenvalue weighted by Gasteiger charge is 2.30. The zero-order valence-corrected chi connectivity index (χ0v) is 9.87. The first kappa shape index (κ1) is 11.4. The van der Waals surface area contributed by atoms with Crippen molar-refractivity contribution < 1.29 is 9.72 Å². The van der Waals surface area contributed by atoms with Crippen molar-refractivity contribution in [2.24, 2.45) is 0 Å². The summed E-state index contributed by atoms with van der Waals surface area (Å²) in [5, 5.41) is 13.7. The largest absolute Gasteiger partial charge is 0.371 e. The maximum absolute atomic E-state index is 12.2. The summed E-state index contributed by atoms with van der Waals surface area (Å²) in [5.41, 5.74) is 2.21. The fraction of sp³-hybridized carbons (Fsp3) is 0.0714. The molecule has 2 aromatic rings. The Morgan fingerprint density at radius 1 is 1.05 bits per heavy atom. The minimum atomic E-state index is -0.460. The molecule has 19 heavy (non-hydrogen) atoms. The number of benzene rings is 2. The minimum Gasteiger partial charge on any atom is -0.371 e. The molecule has 94 valence electrons. The lowest BCUT2D eigenvalue weighted by molar-refractivity contribution is -0.384. The van der Waals surface area contributed by atoms with E-state index in [0.717, 1.165) is 11.3 Å². The van der Waals surface area contributed by atoms with Gasteiger partial charge in [-0.2, -0.15) is 0 Å². The van der Waals surface area contributed by atoms with Crippen molar-refractivity contribution in [3.05, 3.63) is 69.8 Å². The summed E-state index contributed by atoms with van der Waals surface area (Å²) >= 11 is 0. The van der Waals surface area contributed by atoms with Gasteiger partial charge < -0.3 is 5.32 Å². The van der Waals surface area contributed by atoms with E-state index in [1.165, 1.54) is 12.1 Å². The van der Waals surface area contributed by atoms with Gasteiger partial charge in [-0.1, -0.05) is 12.1 Å². The Hall–Kier alpha value is -2.69. The van der Waals surface area contributed by atoms with Crippen LogP contribution in [0.5, 0.6) is 0 Å². The third-order valence-electron chi connectivity index (χ3n) is 3.19. The van der Waals surface area contributed by atoms with E-state index in [9.17, 15) is 14.9 Å². The monoisotopic (exact) mass is 254 g/mol. The molecule has 3 rings (SSSR count). The summed E-state index contributed by atoms with van der Waals surface area (Å²) in [6, 6.07) is 12.9. The molecule has 5 nitrogen and oxygen atoms in total. The molecule has 0 amide bonds. The molecule has 5 heteroatoms. The van der Waals surface area contributed by atoms with Crippen molar-refractivity contribution in [1.29, 1.82) is 0 Å². The number of para-hydroxylation sites is 1. The van der Waals surface area contributed by atoms with Crippen LogP contribution < -0.4 is 5.32 Å². The number of nitro benzene ring substituents is 1. The third kappa shape index (κ3) is 1.85. The van der Waals surface area contributed by atoms with E-state index in [4.69, 9.17) is 0 Å². The number of carbonyl (C=O) groups excluding carboxylic acids is 1. The van der Waals surface area contributed by atoms with Crippen LogP contribution in [0.2, 0.25) is 0 Å². The van der Waals surface area contributed by atoms with Crippen LogP contribution in [0.4, 0.5) is 11.4 Å². The summed E-state index contributed by atoms with van der Waals surface area (Å²) in [5.74, 6) is -0.00977. The van der Waals surface area contributed by atoms with E-state index in [2.05, 4.69) is 5.32 Å². The smallest absolute Gasteiger partial charge is 0.269 e. The summed E-state index contributed by atoms with van der Waals surface area (Å²) in [6.07, 6.45) is 0. The van der Waals surface area contributed by atoms with E-state index < -0.39 is 11.0 Å². The van der Waals surface area contributed by atoms with Gasteiger partial charge in [0.25, 0.3) is 5.69 Å². The average Bonchev–Trinajstić information content (AvgIpc) is 2.77. The zero-order chi connectivity index (χ0) is 13.4. The number of nitrogens with zero attached hydrogens (tertiary/aromatic N) is 1. The molecule has 1 atom stereocenters. The van der Waals surface area contributed by atoms with Crippen LogP contribution in [0, 0.1) is 10.1 Å². The molecule has 0 saturated heterocycles. The Morgan fingerprint density at radius 2 is 1.74 bits per heavy atom. The number of nitro groups is 1. The van der Waals surface area contributed by atoms with E-state index >= 15 is 0 Å². The van der Waals surface area contributed by atoms with E-state index in [1.807, 2.05) is 18.2 Å². The Bertz CT molecular complexity index is 665. The molecule has 0 unspecified atom stereocenters. The van der Waals surface area contributed by atoms with Crippen LogP contribution in [0.25, 0.3) is 0 Å². The van der Waals surface area contributed by atoms with Crippen molar-refractivity contribution >= 4 is 17.2 Å². The Kier molecular flexibility index (Phi) is 2.52. The molecule has 0 fully saturated rings. The molecule has 1 aliphatic heterocycles. The van der Waals surface area contributed by atoms with Crippen molar-refractivity contribution in [3.8, 4) is 0 Å². The van der Waals surface area contributed by atoms with Crippen LogP contribution in [0.15, 0.2) is 48.5 Å². The average molecular weight is 254 g/mol. The second kappa shape index (κ2) is 4.20. The molecule has 1 heterocycles. The predicted molar refractivity (Wildman–Crippen MR) is 70.2 cm³/mol. The molecule has 0 saturated carbocycles. The molecule has 0 aliphatic carbocycles. The second-order valence-electron chi connectivity index (χ2n) is 4.34. The fourth-order valence-electron chi connectivity index (χ4n) is 2.22. The van der Waals surface area contributed by atoms with Gasteiger partial charge in [0.15, 0.2) is 5.78 Å². The van der Waals surface area contributed by atoms with E-state index in [-0.39, 0.29) is 11.5 Å². The minimum absolute atomic E-state index is 0.00977. The standard InChI is InChI=1S/C14H10N2O3/c17-14-11-3-1-2-4-12(11)15-13(14)9-5-7-10(8-6-9)16(18)19/h1-8,13,15H/t13-/m0/s1. The van der Waals surface area contributed by atoms with Crippen molar-refractivity contribution in [2.45, 2.75) is 6.04 Å². The number of hydrogen-bond donors (Lipinski definition) is 1. The number of anilines is 1. The van der Waals surface area contributed by atoms with Gasteiger partial charge in [0.2, 0.25) is 0 Å². The van der Waals surface area contributed by atoms with Gasteiger partial charge in [0.1, 0.15) is 6.04 Å². The van der Waals surface area contributed by atoms with Crippen LogP contribution in [0.3, 0.4) is 0 Å². The lowest BCUT2D eigenvalue weighted by atomic mass is 10.0. The number of Topliss-reactive ketones (excluding diaryl/α,β-unsaturated/α-hetero) is 1. The quantitative estimate of drug-likeness (QED) is 0.660. The maximum Gasteiger partial charge on any atom is 0.269 e. The lowest BCUT2D eigenvalue weighted by Crippen LogP contribution is -2.12. The summed E-state index contributed by atoms with van der Waals surface area (Å²) in [7, 11) is 0. The normalized spacial score (nSPS) is 16.8. The SMILES string of the molecule is O=C1c2ccccc2N[C@H]1c1ccc([N+](=O)[O-])cc1. The topological polar surface area (TPSA) is 72.2 Å². The van der Waals surface area contributed by atoms with Gasteiger partial charge in [-0.15, -0.1) is 0 Å². The molecule has 0 radical (unpaired) electrons. The number of nitrogens with one attached hydrogen (secondary N) is 1. The number of non-ortho nitro benzene ring substituents is 1. The zero-order valence-electron chi connectivity index (χ0n) is 9.87. The Morgan fingerprint density at radius 3 is 2.37 bits per heavy atom. The van der Waals surface area contributed by atoms with Gasteiger partial charge in [-0.3, -0.25) is 14.9 Å². The van der Waals surface area contributed by atoms with Crippen molar-refractivity contribution in [1.82, 2.24) is 0 Å². The van der Waals surface area contributed by atoms with Gasteiger partial charge in [-0.05, 0) is 29.8 Å². The molecular weight excluding hydrogens is 244 g/mol. The summed E-state index contributed by atoms with van der Waals surface area (Å²) in [6.45, 7) is 0. The maximum atomic E-state index is 12.2. The molecule has 1 N–H and O–H groups in total. The third-order valence-corrected chi connectivity index (χ3v) is 3.19. The number of carbonyl (C=O) groups is 1. The fourth-order valence-corrected chi connectivity index (χ4v) is 2.22. The molecule has 0 bridgehead atoms. The first-order chi connectivity index (χ1) is 9.16. The summed E-state index contributed by atoms with van der Waals surface area (Å²) in [4.78, 5) is 22.4.